The number of nitrogens with one attached hydrogen (secondary N) is 3. The lowest BCUT2D eigenvalue weighted by molar-refractivity contribution is -0.941. The van der Waals surface area contributed by atoms with Crippen LogP contribution < -0.4 is 16.0 Å². The number of thioether (sulfide) groups is 1. The van der Waals surface area contributed by atoms with Crippen molar-refractivity contribution in [3.05, 3.63) is 230 Å². The van der Waals surface area contributed by atoms with Crippen molar-refractivity contribution in [3.8, 4) is 0 Å². The van der Waals surface area contributed by atoms with Gasteiger partial charge in [0.2, 0.25) is 17.7 Å². The van der Waals surface area contributed by atoms with E-state index in [2.05, 4.69) is 124 Å². The zero-order valence-corrected chi connectivity index (χ0v) is 53.4. The summed E-state index contributed by atoms with van der Waals surface area (Å²) in [6.07, 6.45) is 9.54. The molecule has 0 aliphatic carbocycles. The van der Waals surface area contributed by atoms with Crippen LogP contribution in [0.25, 0.3) is 18.2 Å². The summed E-state index contributed by atoms with van der Waals surface area (Å²) in [7, 11) is 6.85. The van der Waals surface area contributed by atoms with Crippen molar-refractivity contribution in [2.45, 2.75) is 51.2 Å². The van der Waals surface area contributed by atoms with E-state index in [9.17, 15) is 27.6 Å². The minimum atomic E-state index is -4.40. The van der Waals surface area contributed by atoms with Crippen molar-refractivity contribution in [2.75, 3.05) is 102 Å². The SMILES string of the molecule is C=CC[N+](C)(Cc1ccc(NC(=O)/C=C/c2cccc(Br)c2)cc1)C1CCSCC1.C[N+]1(Cc2ccc(CNC(=O)/C=C/c3cccc(C(F)(F)F)c3)cc2)CCOCC1.C[N+]1(Cc2ccc(NC(=O)/C=C/c3cccc(Br)c3)cc2)CCOCC1. The second-order valence-corrected chi connectivity index (χ2v) is 25.8. The molecular weight excluding hydrogens is 1240 g/mol. The van der Waals surface area contributed by atoms with Gasteiger partial charge in [0, 0.05) is 74.6 Å². The Labute approximate surface area is 527 Å². The first kappa shape index (κ1) is 67.1. The lowest BCUT2D eigenvalue weighted by Gasteiger charge is -2.43. The maximum absolute atomic E-state index is 12.7. The number of hydrogen-bond acceptors (Lipinski definition) is 6. The molecule has 3 heterocycles. The van der Waals surface area contributed by atoms with Gasteiger partial charge in [-0.1, -0.05) is 123 Å². The summed E-state index contributed by atoms with van der Waals surface area (Å²) in [5.41, 5.74) is 7.93. The van der Waals surface area contributed by atoms with Gasteiger partial charge in [0.25, 0.3) is 0 Å². The maximum Gasteiger partial charge on any atom is 0.416 e. The first-order chi connectivity index (χ1) is 41.2. The number of carbonyl (C=O) groups is 3. The molecule has 1 atom stereocenters. The molecule has 3 fully saturated rings. The molecule has 11 nitrogen and oxygen atoms in total. The second-order valence-electron chi connectivity index (χ2n) is 22.8. The standard InChI is InChI=1S/C25H29BrN2OS.C23H25F3N2O2.C21H23BrN2O2/c1-3-15-28(2,24-13-16-30-17-14-24)19-21-7-10-23(11-8-21)27-25(29)12-9-20-5-4-6-22(26)18-20;1-28(11-13-30-14-12-28)17-20-7-5-19(6-8-20)16-27-22(29)10-9-18-3-2-4-21(15-18)23(24,25)26;1-24(11-13-26-14-12-24)16-18-5-8-20(9-6-18)23-21(25)10-7-17-3-2-4-19(22)15-17/h3-12,18,24H,1,13-17,19H2,2H3;2-10,15H,11-14,16-17H2,1H3;2-10,15H,11-14,16H2,1H3/p+3/b12-9+;10-9+;10-7+. The molecular formula is C69H80Br2F3N6O5S+3. The molecule has 1 unspecified atom stereocenters. The highest BCUT2D eigenvalue weighted by Gasteiger charge is 2.34. The molecule has 3 N–H and O–H groups in total. The van der Waals surface area contributed by atoms with Crippen molar-refractivity contribution in [3.63, 3.8) is 0 Å². The quantitative estimate of drug-likeness (QED) is 0.0424. The molecule has 3 amide bonds. The number of likely N-dealkylation sites (N-methyl/N-ethyl adjacent to an activating group) is 3. The van der Waals surface area contributed by atoms with Gasteiger partial charge in [-0.25, -0.2) is 0 Å². The maximum atomic E-state index is 12.7. The van der Waals surface area contributed by atoms with E-state index >= 15 is 0 Å². The fourth-order valence-corrected chi connectivity index (χ4v) is 12.4. The number of ether oxygens (including phenoxy) is 2. The van der Waals surface area contributed by atoms with Gasteiger partial charge in [0.05, 0.1) is 65.7 Å². The van der Waals surface area contributed by atoms with Crippen LogP contribution in [0.2, 0.25) is 0 Å². The Balaban J connectivity index is 0.000000185. The summed E-state index contributed by atoms with van der Waals surface area (Å²) in [6.45, 7) is 15.5. The zero-order chi connectivity index (χ0) is 61.4. The van der Waals surface area contributed by atoms with E-state index < -0.39 is 11.7 Å². The van der Waals surface area contributed by atoms with E-state index in [1.807, 2.05) is 97.1 Å². The van der Waals surface area contributed by atoms with Gasteiger partial charge in [-0.2, -0.15) is 24.9 Å². The highest BCUT2D eigenvalue weighted by molar-refractivity contribution is 9.10. The number of quaternary nitrogens is 3. The highest BCUT2D eigenvalue weighted by Crippen LogP contribution is 2.31. The van der Waals surface area contributed by atoms with E-state index in [4.69, 9.17) is 9.47 Å². The molecule has 6 aromatic rings. The average Bonchev–Trinajstić information content (AvgIpc) is 3.08. The first-order valence-corrected chi connectivity index (χ1v) is 31.7. The van der Waals surface area contributed by atoms with Crippen molar-refractivity contribution in [1.29, 1.82) is 0 Å². The number of carbonyl (C=O) groups excluding carboxylic acids is 3. The Morgan fingerprint density at radius 1 is 0.605 bits per heavy atom. The van der Waals surface area contributed by atoms with Gasteiger partial charge >= 0.3 is 6.18 Å². The van der Waals surface area contributed by atoms with E-state index in [1.54, 1.807) is 18.2 Å². The second kappa shape index (κ2) is 33.1. The predicted molar refractivity (Wildman–Crippen MR) is 351 cm³/mol. The van der Waals surface area contributed by atoms with E-state index in [1.165, 1.54) is 65.3 Å². The van der Waals surface area contributed by atoms with Gasteiger partial charge in [-0.15, -0.1) is 0 Å². The Morgan fingerprint density at radius 3 is 1.48 bits per heavy atom. The van der Waals surface area contributed by atoms with Crippen LogP contribution in [-0.2, 0) is 56.2 Å². The van der Waals surface area contributed by atoms with Crippen LogP contribution >= 0.6 is 43.6 Å². The third-order valence-corrected chi connectivity index (χ3v) is 17.6. The summed E-state index contributed by atoms with van der Waals surface area (Å²) in [4.78, 5) is 36.4. The molecule has 0 radical (unpaired) electrons. The fourth-order valence-electron chi connectivity index (χ4n) is 10.4. The normalized spacial score (nSPS) is 16.7. The molecule has 3 saturated heterocycles. The number of anilines is 2. The average molecular weight is 1320 g/mol. The van der Waals surface area contributed by atoms with E-state index in [-0.39, 0.29) is 17.7 Å². The van der Waals surface area contributed by atoms with Gasteiger partial charge in [0.15, 0.2) is 0 Å². The number of alkyl halides is 3. The van der Waals surface area contributed by atoms with Crippen molar-refractivity contribution >= 4 is 90.9 Å². The summed E-state index contributed by atoms with van der Waals surface area (Å²) in [6, 6.07) is 45.7. The van der Waals surface area contributed by atoms with Crippen LogP contribution in [0.4, 0.5) is 24.5 Å². The number of hydrogen-bond donors (Lipinski definition) is 3. The zero-order valence-electron chi connectivity index (χ0n) is 49.4. The molecule has 86 heavy (non-hydrogen) atoms. The summed E-state index contributed by atoms with van der Waals surface area (Å²) in [5, 5.41) is 8.60. The molecule has 9 rings (SSSR count). The number of halogens is 5. The number of amides is 3. The lowest BCUT2D eigenvalue weighted by atomic mass is 10.0. The number of benzene rings is 6. The minimum absolute atomic E-state index is 0.130. The van der Waals surface area contributed by atoms with Gasteiger partial charge < -0.3 is 38.9 Å². The Hall–Kier alpha value is -6.41. The molecule has 0 aromatic heterocycles. The van der Waals surface area contributed by atoms with Gasteiger partial charge in [-0.3, -0.25) is 14.4 Å². The topological polar surface area (TPSA) is 106 Å². The first-order valence-electron chi connectivity index (χ1n) is 29.0. The van der Waals surface area contributed by atoms with Crippen LogP contribution in [0, 0.1) is 0 Å². The van der Waals surface area contributed by atoms with Crippen molar-refractivity contribution < 1.29 is 50.5 Å². The highest BCUT2D eigenvalue weighted by atomic mass is 79.9. The van der Waals surface area contributed by atoms with E-state index in [0.29, 0.717) is 18.2 Å². The fraction of sp³-hybridized carbons (Fsp3) is 0.319. The van der Waals surface area contributed by atoms with Crippen LogP contribution in [0.3, 0.4) is 0 Å². The van der Waals surface area contributed by atoms with Crippen LogP contribution in [0.5, 0.6) is 0 Å². The molecule has 3 aliphatic rings. The Morgan fingerprint density at radius 2 is 1.02 bits per heavy atom. The summed E-state index contributed by atoms with van der Waals surface area (Å²) < 4.78 is 54.1. The predicted octanol–water partition coefficient (Wildman–Crippen LogP) is 14.2. The Bertz CT molecular complexity index is 3250. The smallest absolute Gasteiger partial charge is 0.370 e. The third-order valence-electron chi connectivity index (χ3n) is 15.5. The Kier molecular flexibility index (Phi) is 25.8. The number of nitrogens with zero attached hydrogens (tertiary/aromatic N) is 3. The molecule has 3 aliphatic heterocycles. The van der Waals surface area contributed by atoms with Crippen molar-refractivity contribution in [2.24, 2.45) is 0 Å². The molecule has 454 valence electrons. The van der Waals surface area contributed by atoms with Gasteiger partial charge in [0.1, 0.15) is 45.8 Å². The van der Waals surface area contributed by atoms with Crippen LogP contribution in [0.1, 0.15) is 57.3 Å². The third kappa shape index (κ3) is 23.0. The number of rotatable bonds is 19. The van der Waals surface area contributed by atoms with E-state index in [0.717, 1.165) is 141 Å². The molecule has 17 heteroatoms. The lowest BCUT2D eigenvalue weighted by Crippen LogP contribution is -2.52. The van der Waals surface area contributed by atoms with Gasteiger partial charge in [-0.05, 0) is 119 Å². The summed E-state index contributed by atoms with van der Waals surface area (Å²) >= 11 is 8.94. The molecule has 6 aromatic carbocycles. The van der Waals surface area contributed by atoms with Crippen LogP contribution in [0.15, 0.2) is 185 Å². The molecule has 0 saturated carbocycles. The molecule has 0 bridgehead atoms. The number of morpholine rings is 2. The van der Waals surface area contributed by atoms with Crippen molar-refractivity contribution in [1.82, 2.24) is 5.32 Å². The minimum Gasteiger partial charge on any atom is -0.370 e. The molecule has 0 spiro atoms. The van der Waals surface area contributed by atoms with Crippen LogP contribution in [-0.4, -0.2) is 129 Å². The summed E-state index contributed by atoms with van der Waals surface area (Å²) in [5.74, 6) is 1.89. The largest absolute Gasteiger partial charge is 0.416 e. The monoisotopic (exact) mass is 1320 g/mol.